The lowest BCUT2D eigenvalue weighted by molar-refractivity contribution is 0.0711. The van der Waals surface area contributed by atoms with Gasteiger partial charge in [-0.2, -0.15) is 10.5 Å². The zero-order valence-corrected chi connectivity index (χ0v) is 40.2. The number of nitrogens with one attached hydrogen (secondary N) is 1. The van der Waals surface area contributed by atoms with Crippen molar-refractivity contribution in [1.29, 1.82) is 10.5 Å². The second kappa shape index (κ2) is 22.2. The van der Waals surface area contributed by atoms with E-state index in [9.17, 15) is 32.5 Å². The van der Waals surface area contributed by atoms with Crippen LogP contribution in [-0.4, -0.2) is 65.6 Å². The minimum absolute atomic E-state index is 0. The summed E-state index contributed by atoms with van der Waals surface area (Å²) in [5.41, 5.74) is 5.37. The van der Waals surface area contributed by atoms with Crippen LogP contribution in [0.3, 0.4) is 0 Å². The number of sulfonamides is 1. The summed E-state index contributed by atoms with van der Waals surface area (Å²) in [7, 11) is -0.186. The first-order valence-corrected chi connectivity index (χ1v) is 23.5. The van der Waals surface area contributed by atoms with Crippen molar-refractivity contribution in [3.8, 4) is 46.6 Å². The third-order valence-corrected chi connectivity index (χ3v) is 13.2. The van der Waals surface area contributed by atoms with Gasteiger partial charge in [-0.05, 0) is 49.9 Å². The molecule has 4 aromatic carbocycles. The SMILES string of the molecule is COc1cc(C#N)c(Oc2c(Cl)cc(Br)cc2Cl)cc1S(=O)(=O)Cl.COc1cc(C#N)c(Oc2c(Cl)cc(Br)cc2Cl)cc1S(=O)(=O)NC1CC(O)C1.Cl.NC1CC(O)C1. The number of nitrogens with zero attached hydrogens (tertiary/aromatic N) is 2. The third-order valence-electron chi connectivity index (χ3n) is 8.26. The predicted molar refractivity (Wildman–Crippen MR) is 237 cm³/mol. The van der Waals surface area contributed by atoms with Gasteiger partial charge in [0.15, 0.2) is 11.5 Å². The molecule has 0 saturated heterocycles. The largest absolute Gasteiger partial charge is 0.495 e. The fourth-order valence-electron chi connectivity index (χ4n) is 5.22. The molecule has 24 heteroatoms. The molecule has 0 unspecified atom stereocenters. The normalized spacial score (nSPS) is 17.9. The van der Waals surface area contributed by atoms with E-state index in [1.165, 1.54) is 44.6 Å². The van der Waals surface area contributed by atoms with Crippen LogP contribution in [-0.2, 0) is 19.1 Å². The molecule has 4 aromatic rings. The summed E-state index contributed by atoms with van der Waals surface area (Å²) in [6.45, 7) is 0. The molecule has 0 amide bonds. The van der Waals surface area contributed by atoms with Crippen LogP contribution >= 0.6 is 101 Å². The Morgan fingerprint density at radius 2 is 1.05 bits per heavy atom. The Bertz CT molecular complexity index is 2480. The van der Waals surface area contributed by atoms with E-state index in [-0.39, 0.29) is 100 Å². The van der Waals surface area contributed by atoms with Crippen LogP contribution in [0.1, 0.15) is 36.8 Å². The molecule has 2 saturated carbocycles. The van der Waals surface area contributed by atoms with Gasteiger partial charge in [-0.15, -0.1) is 12.4 Å². The summed E-state index contributed by atoms with van der Waals surface area (Å²) in [4.78, 5) is -0.551. The van der Waals surface area contributed by atoms with E-state index >= 15 is 0 Å². The van der Waals surface area contributed by atoms with E-state index in [0.717, 1.165) is 18.9 Å². The van der Waals surface area contributed by atoms with Gasteiger partial charge in [0.1, 0.15) is 44.9 Å². The summed E-state index contributed by atoms with van der Waals surface area (Å²) in [5.74, 6) is -0.0778. The molecule has 324 valence electrons. The molecular formula is C36H32Br2Cl6N4O10S2. The summed E-state index contributed by atoms with van der Waals surface area (Å²) >= 11 is 31.0. The van der Waals surface area contributed by atoms with Gasteiger partial charge in [0.2, 0.25) is 10.0 Å². The van der Waals surface area contributed by atoms with Crippen LogP contribution < -0.4 is 29.4 Å². The van der Waals surface area contributed by atoms with E-state index in [4.69, 9.17) is 86.9 Å². The van der Waals surface area contributed by atoms with Gasteiger partial charge in [-0.25, -0.2) is 21.6 Å². The molecule has 0 aliphatic heterocycles. The summed E-state index contributed by atoms with van der Waals surface area (Å²) in [5, 5.41) is 37.3. The van der Waals surface area contributed by atoms with Crippen molar-refractivity contribution in [2.24, 2.45) is 5.73 Å². The van der Waals surface area contributed by atoms with Gasteiger partial charge in [-0.3, -0.25) is 0 Å². The second-order valence-electron chi connectivity index (χ2n) is 12.6. The molecule has 0 spiro atoms. The first-order chi connectivity index (χ1) is 27.6. The molecule has 2 aliphatic carbocycles. The molecule has 60 heavy (non-hydrogen) atoms. The number of hydrogen-bond donors (Lipinski definition) is 4. The fraction of sp³-hybridized carbons (Fsp3) is 0.278. The zero-order chi connectivity index (χ0) is 44.0. The van der Waals surface area contributed by atoms with Gasteiger partial charge >= 0.3 is 0 Å². The molecule has 0 aromatic heterocycles. The van der Waals surface area contributed by atoms with Crippen molar-refractivity contribution in [2.75, 3.05) is 14.2 Å². The van der Waals surface area contributed by atoms with Crippen LogP contribution in [0, 0.1) is 22.7 Å². The van der Waals surface area contributed by atoms with Crippen molar-refractivity contribution in [1.82, 2.24) is 4.72 Å². The average molecular weight is 1120 g/mol. The standard InChI is InChI=1S/C18H15BrCl2N2O5S.C14H7BrCl3NO4S.C4H9NO.ClH/c1-27-16-2-9(8-22)15(28-18-13(20)3-10(19)4-14(18)21)7-17(16)29(25,26)23-11-5-12(24)6-11;1-22-12-2-7(6-19)11(5-13(12)24(18,20)21)23-14-9(16)3-8(15)4-10(14)17;5-3-1-4(6)2-3;/h2-4,7,11-12,23-24H,5-6H2,1H3;2-5H,1H3;3-4,6H,1-2,5H2;1H. The van der Waals surface area contributed by atoms with Crippen LogP contribution in [0.15, 0.2) is 67.3 Å². The number of nitrogens with two attached hydrogens (primary N) is 1. The van der Waals surface area contributed by atoms with Gasteiger partial charge in [0, 0.05) is 56.0 Å². The highest BCUT2D eigenvalue weighted by molar-refractivity contribution is 9.10. The highest BCUT2D eigenvalue weighted by atomic mass is 79.9. The smallest absolute Gasteiger partial charge is 0.265 e. The number of halogens is 8. The van der Waals surface area contributed by atoms with Crippen LogP contribution in [0.2, 0.25) is 20.1 Å². The maximum Gasteiger partial charge on any atom is 0.265 e. The molecule has 0 atom stereocenters. The highest BCUT2D eigenvalue weighted by Gasteiger charge is 2.33. The maximum atomic E-state index is 12.8. The van der Waals surface area contributed by atoms with Crippen LogP contribution in [0.25, 0.3) is 0 Å². The number of benzene rings is 4. The van der Waals surface area contributed by atoms with Crippen molar-refractivity contribution >= 4 is 120 Å². The molecule has 5 N–H and O–H groups in total. The maximum absolute atomic E-state index is 12.8. The molecule has 0 radical (unpaired) electrons. The Kier molecular flexibility index (Phi) is 19.2. The van der Waals surface area contributed by atoms with Crippen molar-refractivity contribution in [3.05, 3.63) is 88.7 Å². The Hall–Kier alpha value is -2.50. The van der Waals surface area contributed by atoms with E-state index in [1.54, 1.807) is 12.1 Å². The third kappa shape index (κ3) is 13.5. The number of rotatable bonds is 10. The molecule has 2 aliphatic rings. The molecular weight excluding hydrogens is 1090 g/mol. The predicted octanol–water partition coefficient (Wildman–Crippen LogP) is 9.48. The molecule has 0 bridgehead atoms. The topological polar surface area (TPSA) is 231 Å². The Labute approximate surface area is 393 Å². The number of aliphatic hydroxyl groups excluding tert-OH is 2. The Balaban J connectivity index is 0.000000280. The minimum Gasteiger partial charge on any atom is -0.495 e. The van der Waals surface area contributed by atoms with Gasteiger partial charge in [0.05, 0.1) is 57.6 Å². The lowest BCUT2D eigenvalue weighted by Gasteiger charge is -2.31. The first-order valence-electron chi connectivity index (χ1n) is 16.6. The van der Waals surface area contributed by atoms with Gasteiger partial charge in [0.25, 0.3) is 9.05 Å². The summed E-state index contributed by atoms with van der Waals surface area (Å²) in [6, 6.07) is 14.6. The number of ether oxygens (including phenoxy) is 4. The Morgan fingerprint density at radius 3 is 1.35 bits per heavy atom. The summed E-state index contributed by atoms with van der Waals surface area (Å²) < 4.78 is 74.2. The van der Waals surface area contributed by atoms with Crippen molar-refractivity contribution in [2.45, 2.75) is 59.8 Å². The fourth-order valence-corrected chi connectivity index (χ4v) is 10.2. The number of methoxy groups -OCH3 is 2. The quantitative estimate of drug-likeness (QED) is 0.109. The van der Waals surface area contributed by atoms with Crippen LogP contribution in [0.5, 0.6) is 34.5 Å². The van der Waals surface area contributed by atoms with Crippen molar-refractivity contribution in [3.63, 3.8) is 0 Å². The van der Waals surface area contributed by atoms with Crippen LogP contribution in [0.4, 0.5) is 0 Å². The van der Waals surface area contributed by atoms with E-state index < -0.39 is 25.2 Å². The lowest BCUT2D eigenvalue weighted by atomic mass is 9.91. The van der Waals surface area contributed by atoms with Gasteiger partial charge in [-0.1, -0.05) is 78.3 Å². The first kappa shape index (κ1) is 51.8. The van der Waals surface area contributed by atoms with E-state index in [2.05, 4.69) is 36.6 Å². The molecule has 0 heterocycles. The Morgan fingerprint density at radius 1 is 0.683 bits per heavy atom. The number of aliphatic hydroxyl groups is 2. The minimum atomic E-state index is -4.13. The lowest BCUT2D eigenvalue weighted by Crippen LogP contribution is -2.46. The number of hydrogen-bond acceptors (Lipinski definition) is 13. The second-order valence-corrected chi connectivity index (χ2v) is 20.3. The van der Waals surface area contributed by atoms with E-state index in [0.29, 0.717) is 27.8 Å². The van der Waals surface area contributed by atoms with E-state index in [1.807, 2.05) is 12.1 Å². The zero-order valence-electron chi connectivity index (χ0n) is 30.8. The molecule has 2 fully saturated rings. The average Bonchev–Trinajstić information content (AvgIpc) is 3.12. The van der Waals surface area contributed by atoms with Crippen molar-refractivity contribution < 1.29 is 46.0 Å². The summed E-state index contributed by atoms with van der Waals surface area (Å²) in [6.07, 6.45) is 1.66. The van der Waals surface area contributed by atoms with Gasteiger partial charge < -0.3 is 34.9 Å². The highest BCUT2D eigenvalue weighted by Crippen LogP contribution is 2.43. The number of nitriles is 2. The molecule has 14 nitrogen and oxygen atoms in total. The monoisotopic (exact) mass is 1110 g/mol. The molecule has 6 rings (SSSR count).